The molecule has 0 aliphatic rings. The molecule has 2 rings (SSSR count). The lowest BCUT2D eigenvalue weighted by molar-refractivity contribution is 0.412. The Hall–Kier alpha value is -1.48. The van der Waals surface area contributed by atoms with Gasteiger partial charge < -0.3 is 9.84 Å². The number of aryl methyl sites for hydroxylation is 1. The number of hydrogen-bond acceptors (Lipinski definition) is 3. The zero-order chi connectivity index (χ0) is 10.8. The summed E-state index contributed by atoms with van der Waals surface area (Å²) in [6.07, 6.45) is 0. The molecule has 78 valence electrons. The molecule has 0 fully saturated rings. The number of ether oxygens (including phenoxy) is 1. The van der Waals surface area contributed by atoms with Crippen molar-refractivity contribution < 1.29 is 9.84 Å². The van der Waals surface area contributed by atoms with Gasteiger partial charge in [0.05, 0.1) is 7.11 Å². The Balaban J connectivity index is 2.56. The highest BCUT2D eigenvalue weighted by Crippen LogP contribution is 2.37. The van der Waals surface area contributed by atoms with Gasteiger partial charge in [0.25, 0.3) is 0 Å². The van der Waals surface area contributed by atoms with Crippen molar-refractivity contribution in [1.29, 1.82) is 0 Å². The molecule has 0 spiro atoms. The van der Waals surface area contributed by atoms with Gasteiger partial charge >= 0.3 is 0 Å². The van der Waals surface area contributed by atoms with Crippen LogP contribution in [0.2, 0.25) is 0 Å². The Morgan fingerprint density at radius 3 is 2.67 bits per heavy atom. The van der Waals surface area contributed by atoms with Gasteiger partial charge in [0, 0.05) is 10.4 Å². The van der Waals surface area contributed by atoms with E-state index in [1.54, 1.807) is 30.6 Å². The highest BCUT2D eigenvalue weighted by Gasteiger charge is 2.09. The third kappa shape index (κ3) is 1.83. The number of hydrogen-bond donors (Lipinski definition) is 1. The third-order valence-corrected chi connectivity index (χ3v) is 3.36. The van der Waals surface area contributed by atoms with E-state index in [1.807, 2.05) is 24.4 Å². The number of benzene rings is 1. The molecule has 1 heterocycles. The summed E-state index contributed by atoms with van der Waals surface area (Å²) in [6.45, 7) is 2.03. The highest BCUT2D eigenvalue weighted by atomic mass is 32.1. The van der Waals surface area contributed by atoms with Crippen molar-refractivity contribution in [2.45, 2.75) is 6.92 Å². The fourth-order valence-corrected chi connectivity index (χ4v) is 2.43. The zero-order valence-electron chi connectivity index (χ0n) is 8.65. The zero-order valence-corrected chi connectivity index (χ0v) is 9.47. The number of aromatic hydroxyl groups is 1. The van der Waals surface area contributed by atoms with E-state index in [0.29, 0.717) is 5.75 Å². The van der Waals surface area contributed by atoms with Gasteiger partial charge in [-0.3, -0.25) is 0 Å². The maximum absolute atomic E-state index is 9.78. The van der Waals surface area contributed by atoms with Crippen LogP contribution >= 0.6 is 11.3 Å². The van der Waals surface area contributed by atoms with E-state index in [-0.39, 0.29) is 0 Å². The summed E-state index contributed by atoms with van der Waals surface area (Å²) in [6, 6.07) is 7.31. The van der Waals surface area contributed by atoms with Crippen LogP contribution in [0.4, 0.5) is 0 Å². The lowest BCUT2D eigenvalue weighted by Gasteiger charge is -2.06. The monoisotopic (exact) mass is 220 g/mol. The average Bonchev–Trinajstić information content (AvgIpc) is 2.65. The van der Waals surface area contributed by atoms with Gasteiger partial charge in [0.15, 0.2) is 0 Å². The van der Waals surface area contributed by atoms with Crippen LogP contribution < -0.4 is 4.74 Å². The van der Waals surface area contributed by atoms with Crippen molar-refractivity contribution in [2.24, 2.45) is 0 Å². The van der Waals surface area contributed by atoms with Gasteiger partial charge in [0.1, 0.15) is 11.5 Å². The molecular formula is C12H12O2S. The van der Waals surface area contributed by atoms with Crippen LogP contribution in [0.3, 0.4) is 0 Å². The summed E-state index contributed by atoms with van der Waals surface area (Å²) in [5.41, 5.74) is 2.01. The van der Waals surface area contributed by atoms with Gasteiger partial charge in [-0.2, -0.15) is 0 Å². The number of phenols is 1. The van der Waals surface area contributed by atoms with E-state index >= 15 is 0 Å². The lowest BCUT2D eigenvalue weighted by Crippen LogP contribution is -1.84. The van der Waals surface area contributed by atoms with Crippen molar-refractivity contribution in [3.63, 3.8) is 0 Å². The Bertz CT molecular complexity index is 474. The van der Waals surface area contributed by atoms with Crippen molar-refractivity contribution in [1.82, 2.24) is 0 Å². The van der Waals surface area contributed by atoms with Gasteiger partial charge in [-0.25, -0.2) is 0 Å². The molecule has 0 saturated heterocycles. The maximum Gasteiger partial charge on any atom is 0.124 e. The summed E-state index contributed by atoms with van der Waals surface area (Å²) in [4.78, 5) is 1.09. The first kappa shape index (κ1) is 10.1. The summed E-state index contributed by atoms with van der Waals surface area (Å²) >= 11 is 1.62. The molecule has 1 N–H and O–H groups in total. The average molecular weight is 220 g/mol. The molecule has 0 bridgehead atoms. The topological polar surface area (TPSA) is 29.5 Å². The lowest BCUT2D eigenvalue weighted by atomic mass is 10.1. The Morgan fingerprint density at radius 1 is 1.27 bits per heavy atom. The van der Waals surface area contributed by atoms with Crippen molar-refractivity contribution in [3.05, 3.63) is 35.2 Å². The molecule has 0 unspecified atom stereocenters. The van der Waals surface area contributed by atoms with Crippen LogP contribution in [-0.2, 0) is 0 Å². The SMILES string of the molecule is COc1ccc(O)c(-c2sccc2C)c1. The molecule has 0 radical (unpaired) electrons. The van der Waals surface area contributed by atoms with Crippen LogP contribution in [0.15, 0.2) is 29.6 Å². The highest BCUT2D eigenvalue weighted by molar-refractivity contribution is 7.13. The Kier molecular flexibility index (Phi) is 2.64. The molecule has 2 nitrogen and oxygen atoms in total. The van der Waals surface area contributed by atoms with E-state index in [1.165, 1.54) is 5.56 Å². The van der Waals surface area contributed by atoms with Crippen LogP contribution in [0.1, 0.15) is 5.56 Å². The second-order valence-electron chi connectivity index (χ2n) is 3.32. The minimum absolute atomic E-state index is 0.293. The minimum Gasteiger partial charge on any atom is -0.507 e. The van der Waals surface area contributed by atoms with Crippen LogP contribution in [0.25, 0.3) is 10.4 Å². The quantitative estimate of drug-likeness (QED) is 0.840. The number of methoxy groups -OCH3 is 1. The van der Waals surface area contributed by atoms with Gasteiger partial charge in [0.2, 0.25) is 0 Å². The molecule has 1 aromatic heterocycles. The molecule has 1 aromatic carbocycles. The predicted molar refractivity (Wildman–Crippen MR) is 62.7 cm³/mol. The summed E-state index contributed by atoms with van der Waals surface area (Å²) in [7, 11) is 1.62. The standard InChI is InChI=1S/C12H12O2S/c1-8-5-6-15-12(8)10-7-9(14-2)3-4-11(10)13/h3-7,13H,1-2H3. The van der Waals surface area contributed by atoms with Crippen LogP contribution in [0, 0.1) is 6.92 Å². The second kappa shape index (κ2) is 3.95. The number of thiophene rings is 1. The summed E-state index contributed by atoms with van der Waals surface area (Å²) in [5.74, 6) is 1.05. The van der Waals surface area contributed by atoms with E-state index < -0.39 is 0 Å². The first-order valence-electron chi connectivity index (χ1n) is 4.64. The fraction of sp³-hybridized carbons (Fsp3) is 0.167. The van der Waals surface area contributed by atoms with Gasteiger partial charge in [-0.1, -0.05) is 0 Å². The molecular weight excluding hydrogens is 208 g/mol. The first-order valence-corrected chi connectivity index (χ1v) is 5.52. The molecule has 0 aliphatic carbocycles. The smallest absolute Gasteiger partial charge is 0.124 e. The van der Waals surface area contributed by atoms with Crippen molar-refractivity contribution in [3.8, 4) is 21.9 Å². The minimum atomic E-state index is 0.293. The maximum atomic E-state index is 9.78. The molecule has 3 heteroatoms. The first-order chi connectivity index (χ1) is 7.22. The van der Waals surface area contributed by atoms with Crippen molar-refractivity contribution in [2.75, 3.05) is 7.11 Å². The molecule has 15 heavy (non-hydrogen) atoms. The second-order valence-corrected chi connectivity index (χ2v) is 4.23. The number of rotatable bonds is 2. The largest absolute Gasteiger partial charge is 0.507 e. The summed E-state index contributed by atoms with van der Waals surface area (Å²) in [5, 5.41) is 11.8. The van der Waals surface area contributed by atoms with Gasteiger partial charge in [-0.05, 0) is 42.1 Å². The predicted octanol–water partition coefficient (Wildman–Crippen LogP) is 3.44. The van der Waals surface area contributed by atoms with E-state index in [0.717, 1.165) is 16.2 Å². The molecule has 0 atom stereocenters. The molecule has 0 amide bonds. The van der Waals surface area contributed by atoms with Crippen molar-refractivity contribution >= 4 is 11.3 Å². The summed E-state index contributed by atoms with van der Waals surface area (Å²) < 4.78 is 5.14. The van der Waals surface area contributed by atoms with E-state index in [9.17, 15) is 5.11 Å². The van der Waals surface area contributed by atoms with Crippen LogP contribution in [-0.4, -0.2) is 12.2 Å². The fourth-order valence-electron chi connectivity index (χ4n) is 1.47. The van der Waals surface area contributed by atoms with Gasteiger partial charge in [-0.15, -0.1) is 11.3 Å². The molecule has 0 saturated carbocycles. The Labute approximate surface area is 92.8 Å². The van der Waals surface area contributed by atoms with Crippen LogP contribution in [0.5, 0.6) is 11.5 Å². The van der Waals surface area contributed by atoms with E-state index in [4.69, 9.17) is 4.74 Å². The molecule has 2 aromatic rings. The third-order valence-electron chi connectivity index (χ3n) is 2.31. The molecule has 0 aliphatic heterocycles. The number of phenolic OH excluding ortho intramolecular Hbond substituents is 1. The van der Waals surface area contributed by atoms with E-state index in [2.05, 4.69) is 0 Å². The normalized spacial score (nSPS) is 10.3. The Morgan fingerprint density at radius 2 is 2.07 bits per heavy atom.